The molecule has 148 valence electrons. The highest BCUT2D eigenvalue weighted by molar-refractivity contribution is 5.12. The first-order valence-electron chi connectivity index (χ1n) is 10.8. The van der Waals surface area contributed by atoms with E-state index in [4.69, 9.17) is 5.10 Å². The normalized spacial score (nSPS) is 21.5. The van der Waals surface area contributed by atoms with E-state index in [-0.39, 0.29) is 0 Å². The van der Waals surface area contributed by atoms with Gasteiger partial charge in [-0.1, -0.05) is 13.3 Å². The first-order chi connectivity index (χ1) is 13.2. The highest BCUT2D eigenvalue weighted by atomic mass is 15.3. The van der Waals surface area contributed by atoms with E-state index in [0.717, 1.165) is 51.4 Å². The molecule has 4 heterocycles. The Hall–Kier alpha value is -1.66. The molecule has 27 heavy (non-hydrogen) atoms. The van der Waals surface area contributed by atoms with Crippen LogP contribution in [-0.4, -0.2) is 48.7 Å². The molecule has 0 spiro atoms. The lowest BCUT2D eigenvalue weighted by molar-refractivity contribution is 0.254. The lowest BCUT2D eigenvalue weighted by Crippen LogP contribution is -2.26. The van der Waals surface area contributed by atoms with Gasteiger partial charge >= 0.3 is 0 Å². The molecule has 1 N–H and O–H groups in total. The third kappa shape index (κ3) is 4.61. The minimum atomic E-state index is 0.699. The molecule has 1 saturated heterocycles. The summed E-state index contributed by atoms with van der Waals surface area (Å²) in [4.78, 5) is 13.2. The van der Waals surface area contributed by atoms with E-state index in [9.17, 15) is 0 Å². The summed E-state index contributed by atoms with van der Waals surface area (Å²) in [6.07, 6.45) is 9.30. The minimum absolute atomic E-state index is 0.699. The first kappa shape index (κ1) is 18.7. The number of aryl methyl sites for hydroxylation is 2. The summed E-state index contributed by atoms with van der Waals surface area (Å²) in [5.41, 5.74) is 3.84. The average Bonchev–Trinajstić information content (AvgIpc) is 3.33. The van der Waals surface area contributed by atoms with E-state index in [1.807, 2.05) is 6.20 Å². The second-order valence-corrected chi connectivity index (χ2v) is 8.33. The van der Waals surface area contributed by atoms with Crippen LogP contribution in [0.4, 0.5) is 0 Å². The lowest BCUT2D eigenvalue weighted by Gasteiger charge is -2.19. The Bertz CT molecular complexity index is 733. The lowest BCUT2D eigenvalue weighted by atomic mass is 10.2. The van der Waals surface area contributed by atoms with Crippen molar-refractivity contribution in [3.8, 4) is 0 Å². The van der Waals surface area contributed by atoms with Gasteiger partial charge in [0.25, 0.3) is 0 Å². The van der Waals surface area contributed by atoms with Crippen LogP contribution in [0.1, 0.15) is 68.9 Å². The van der Waals surface area contributed by atoms with Crippen molar-refractivity contribution in [2.75, 3.05) is 13.1 Å². The number of hydrogen-bond acceptors (Lipinski definition) is 4. The minimum Gasteiger partial charge on any atom is -0.345 e. The van der Waals surface area contributed by atoms with Crippen LogP contribution in [0.2, 0.25) is 0 Å². The number of aromatic nitrogens is 4. The van der Waals surface area contributed by atoms with Gasteiger partial charge in [-0.15, -0.1) is 0 Å². The molecule has 1 atom stereocenters. The Kier molecular flexibility index (Phi) is 5.93. The maximum Gasteiger partial charge on any atom is 0.106 e. The number of nitrogens with one attached hydrogen (secondary N) is 1. The van der Waals surface area contributed by atoms with Crippen molar-refractivity contribution in [2.24, 2.45) is 0 Å². The van der Waals surface area contributed by atoms with Crippen LogP contribution in [0.3, 0.4) is 0 Å². The van der Waals surface area contributed by atoms with E-state index in [2.05, 4.69) is 44.4 Å². The molecule has 0 radical (unpaired) electrons. The topological polar surface area (TPSA) is 53.0 Å². The zero-order chi connectivity index (χ0) is 18.6. The molecule has 0 aliphatic carbocycles. The van der Waals surface area contributed by atoms with Gasteiger partial charge in [-0.25, -0.2) is 4.98 Å². The molecule has 0 bridgehead atoms. The summed E-state index contributed by atoms with van der Waals surface area (Å²) in [5.74, 6) is 1.13. The summed E-state index contributed by atoms with van der Waals surface area (Å²) < 4.78 is 2.25. The van der Waals surface area contributed by atoms with Crippen LogP contribution < -0.4 is 0 Å². The van der Waals surface area contributed by atoms with Gasteiger partial charge in [-0.2, -0.15) is 5.10 Å². The summed E-state index contributed by atoms with van der Waals surface area (Å²) in [7, 11) is 0. The van der Waals surface area contributed by atoms with Crippen LogP contribution >= 0.6 is 0 Å². The van der Waals surface area contributed by atoms with Gasteiger partial charge in [0.2, 0.25) is 0 Å². The number of likely N-dealkylation sites (tertiary alicyclic amines) is 1. The fraction of sp³-hybridized carbons (Fsp3) is 0.714. The molecule has 2 aromatic rings. The Balaban J connectivity index is 1.38. The maximum atomic E-state index is 4.92. The SMILES string of the molecule is CCCCc1ncc(CN2CCCn3nc(CN4CCCC4C)cc3C2)[nH]1. The number of aromatic amines is 1. The number of imidazole rings is 1. The average molecular weight is 371 g/mol. The van der Waals surface area contributed by atoms with E-state index < -0.39 is 0 Å². The molecule has 0 aromatic carbocycles. The van der Waals surface area contributed by atoms with Crippen molar-refractivity contribution in [3.63, 3.8) is 0 Å². The quantitative estimate of drug-likeness (QED) is 0.812. The molecular formula is C21H34N6. The Morgan fingerprint density at radius 3 is 2.93 bits per heavy atom. The van der Waals surface area contributed by atoms with Gasteiger partial charge in [-0.3, -0.25) is 14.5 Å². The standard InChI is InChI=1S/C21H34N6/c1-3-4-8-21-22-13-19(23-21)14-25-9-6-11-27-20(16-25)12-18(24-27)15-26-10-5-7-17(26)2/h12-13,17H,3-11,14-16H2,1-2H3,(H,22,23). The summed E-state index contributed by atoms with van der Waals surface area (Å²) in [6.45, 7) is 10.9. The van der Waals surface area contributed by atoms with E-state index in [1.165, 1.54) is 49.3 Å². The van der Waals surface area contributed by atoms with Crippen molar-refractivity contribution in [1.29, 1.82) is 0 Å². The second kappa shape index (κ2) is 8.57. The predicted molar refractivity (Wildman–Crippen MR) is 107 cm³/mol. The smallest absolute Gasteiger partial charge is 0.106 e. The second-order valence-electron chi connectivity index (χ2n) is 8.33. The maximum absolute atomic E-state index is 4.92. The van der Waals surface area contributed by atoms with E-state index >= 15 is 0 Å². The molecule has 1 fully saturated rings. The Morgan fingerprint density at radius 2 is 2.11 bits per heavy atom. The number of fused-ring (bicyclic) bond motifs is 1. The summed E-state index contributed by atoms with van der Waals surface area (Å²) >= 11 is 0. The molecule has 2 aliphatic rings. The fourth-order valence-corrected chi connectivity index (χ4v) is 4.43. The molecule has 0 amide bonds. The molecule has 2 aliphatic heterocycles. The van der Waals surface area contributed by atoms with Crippen LogP contribution in [-0.2, 0) is 32.6 Å². The van der Waals surface area contributed by atoms with Crippen LogP contribution in [0, 0.1) is 0 Å². The van der Waals surface area contributed by atoms with Gasteiger partial charge < -0.3 is 4.98 Å². The number of nitrogens with zero attached hydrogens (tertiary/aromatic N) is 5. The van der Waals surface area contributed by atoms with Gasteiger partial charge in [0.15, 0.2) is 0 Å². The molecule has 2 aromatic heterocycles. The van der Waals surface area contributed by atoms with Crippen molar-refractivity contribution in [2.45, 2.75) is 84.6 Å². The molecule has 6 heteroatoms. The van der Waals surface area contributed by atoms with Crippen LogP contribution in [0.15, 0.2) is 12.3 Å². The zero-order valence-electron chi connectivity index (χ0n) is 17.0. The number of H-pyrrole nitrogens is 1. The third-order valence-corrected chi connectivity index (χ3v) is 6.04. The monoisotopic (exact) mass is 370 g/mol. The van der Waals surface area contributed by atoms with Crippen molar-refractivity contribution in [3.05, 3.63) is 35.2 Å². The van der Waals surface area contributed by atoms with E-state index in [1.54, 1.807) is 0 Å². The largest absolute Gasteiger partial charge is 0.345 e. The van der Waals surface area contributed by atoms with E-state index in [0.29, 0.717) is 6.04 Å². The molecule has 4 rings (SSSR count). The summed E-state index contributed by atoms with van der Waals surface area (Å²) in [5, 5.41) is 4.92. The summed E-state index contributed by atoms with van der Waals surface area (Å²) in [6, 6.07) is 3.04. The van der Waals surface area contributed by atoms with Crippen LogP contribution in [0.5, 0.6) is 0 Å². The number of hydrogen-bond donors (Lipinski definition) is 1. The molecule has 0 saturated carbocycles. The first-order valence-corrected chi connectivity index (χ1v) is 10.8. The predicted octanol–water partition coefficient (Wildman–Crippen LogP) is 3.34. The van der Waals surface area contributed by atoms with Gasteiger partial charge in [0.05, 0.1) is 11.4 Å². The molecular weight excluding hydrogens is 336 g/mol. The molecule has 6 nitrogen and oxygen atoms in total. The van der Waals surface area contributed by atoms with Crippen molar-refractivity contribution in [1.82, 2.24) is 29.5 Å². The highest BCUT2D eigenvalue weighted by Gasteiger charge is 2.23. The van der Waals surface area contributed by atoms with Crippen LogP contribution in [0.25, 0.3) is 0 Å². The Morgan fingerprint density at radius 1 is 1.19 bits per heavy atom. The van der Waals surface area contributed by atoms with Crippen molar-refractivity contribution < 1.29 is 0 Å². The Labute approximate surface area is 163 Å². The van der Waals surface area contributed by atoms with Gasteiger partial charge in [0.1, 0.15) is 5.82 Å². The number of rotatable bonds is 7. The van der Waals surface area contributed by atoms with Gasteiger partial charge in [-0.05, 0) is 45.2 Å². The van der Waals surface area contributed by atoms with Gasteiger partial charge in [0, 0.05) is 57.1 Å². The third-order valence-electron chi connectivity index (χ3n) is 6.04. The zero-order valence-corrected chi connectivity index (χ0v) is 17.0. The highest BCUT2D eigenvalue weighted by Crippen LogP contribution is 2.21. The van der Waals surface area contributed by atoms with Crippen molar-refractivity contribution >= 4 is 0 Å². The number of unbranched alkanes of at least 4 members (excludes halogenated alkanes) is 1. The molecule has 1 unspecified atom stereocenters. The fourth-order valence-electron chi connectivity index (χ4n) is 4.43.